The van der Waals surface area contributed by atoms with E-state index in [9.17, 15) is 24.1 Å². The van der Waals surface area contributed by atoms with Gasteiger partial charge in [-0.15, -0.1) is 0 Å². The predicted molar refractivity (Wildman–Crippen MR) is 192 cm³/mol. The van der Waals surface area contributed by atoms with Crippen molar-refractivity contribution in [2.75, 3.05) is 13.7 Å². The van der Waals surface area contributed by atoms with E-state index >= 15 is 0 Å². The number of phenolic OH excluding ortho intramolecular Hbond substituents is 1. The van der Waals surface area contributed by atoms with E-state index in [1.54, 1.807) is 13.1 Å². The molecular formula is C39H45BFNO6Si. The lowest BCUT2D eigenvalue weighted by Crippen LogP contribution is -2.66. The van der Waals surface area contributed by atoms with Gasteiger partial charge in [-0.3, -0.25) is 14.5 Å². The summed E-state index contributed by atoms with van der Waals surface area (Å²) < 4.78 is 27.7. The molecule has 2 heterocycles. The van der Waals surface area contributed by atoms with Crippen molar-refractivity contribution in [3.05, 3.63) is 107 Å². The largest absolute Gasteiger partial charge is 0.505 e. The maximum Gasteiger partial charge on any atom is 0.455 e. The molecule has 3 aromatic rings. The Morgan fingerprint density at radius 2 is 1.65 bits per heavy atom. The van der Waals surface area contributed by atoms with Crippen LogP contribution in [0.25, 0.3) is 6.08 Å². The Balaban J connectivity index is 1.40. The van der Waals surface area contributed by atoms with Crippen LogP contribution >= 0.6 is 0 Å². The van der Waals surface area contributed by atoms with Crippen molar-refractivity contribution < 1.29 is 33.2 Å². The lowest BCUT2D eigenvalue weighted by Gasteiger charge is -2.46. The van der Waals surface area contributed by atoms with Crippen LogP contribution in [0.2, 0.25) is 11.4 Å². The fourth-order valence-electron chi connectivity index (χ4n) is 8.34. The molecule has 2 saturated heterocycles. The molecule has 3 aliphatic rings. The minimum absolute atomic E-state index is 0.186. The molecule has 4 atom stereocenters. The van der Waals surface area contributed by atoms with Gasteiger partial charge in [0.1, 0.15) is 0 Å². The Hall–Kier alpha value is -3.83. The van der Waals surface area contributed by atoms with Crippen LogP contribution in [0, 0.1) is 23.6 Å². The summed E-state index contributed by atoms with van der Waals surface area (Å²) in [7, 11) is -2.47. The first-order chi connectivity index (χ1) is 23.3. The molecule has 2 fully saturated rings. The summed E-state index contributed by atoms with van der Waals surface area (Å²) in [6.45, 7) is 8.90. The van der Waals surface area contributed by atoms with E-state index in [2.05, 4.69) is 45.0 Å². The first kappa shape index (κ1) is 35.0. The minimum Gasteiger partial charge on any atom is -0.505 e. The van der Waals surface area contributed by atoms with E-state index in [4.69, 9.17) is 9.08 Å². The molecule has 2 N–H and O–H groups in total. The molecule has 0 radical (unpaired) electrons. The third-order valence-electron chi connectivity index (χ3n) is 10.6. The van der Waals surface area contributed by atoms with E-state index in [1.807, 2.05) is 49.4 Å². The van der Waals surface area contributed by atoms with E-state index < -0.39 is 44.9 Å². The van der Waals surface area contributed by atoms with Crippen LogP contribution in [0.15, 0.2) is 95.6 Å². The number of likely N-dealkylation sites (tertiary alicyclic amines) is 1. The summed E-state index contributed by atoms with van der Waals surface area (Å²) in [4.78, 5) is 28.3. The van der Waals surface area contributed by atoms with Crippen molar-refractivity contribution in [3.63, 3.8) is 0 Å². The maximum atomic E-state index is 14.0. The average molecular weight is 682 g/mol. The van der Waals surface area contributed by atoms with E-state index in [1.165, 1.54) is 17.0 Å². The first-order valence-corrected chi connectivity index (χ1v) is 19.0. The SMILES string of the molecule is C/C(=C\c1ccc(O)c(F)c1)CC[C@H]1OB(O)C[C@H]2C1=C(CO[Si](c1ccccc1)(c1ccccc1)C(C)(C)C)C[C@H]1C(=O)N(C)C(=O)[C@H]12. The van der Waals surface area contributed by atoms with Gasteiger partial charge >= 0.3 is 7.12 Å². The van der Waals surface area contributed by atoms with Crippen LogP contribution in [0.4, 0.5) is 4.39 Å². The highest BCUT2D eigenvalue weighted by Crippen LogP contribution is 2.51. The third-order valence-corrected chi connectivity index (χ3v) is 15.6. The molecule has 7 nitrogen and oxygen atoms in total. The minimum atomic E-state index is -2.94. The van der Waals surface area contributed by atoms with Crippen LogP contribution in [-0.2, 0) is 18.7 Å². The molecule has 1 aliphatic carbocycles. The third kappa shape index (κ3) is 6.59. The molecule has 2 amide bonds. The van der Waals surface area contributed by atoms with Gasteiger partial charge in [0.2, 0.25) is 11.8 Å². The van der Waals surface area contributed by atoms with Crippen molar-refractivity contribution in [1.29, 1.82) is 0 Å². The molecular weight excluding hydrogens is 636 g/mol. The normalized spacial score (nSPS) is 23.2. The summed E-state index contributed by atoms with van der Waals surface area (Å²) in [5.74, 6) is -2.90. The van der Waals surface area contributed by atoms with Gasteiger partial charge < -0.3 is 19.2 Å². The number of halogens is 1. The first-order valence-electron chi connectivity index (χ1n) is 17.1. The number of imide groups is 1. The van der Waals surface area contributed by atoms with E-state index in [0.29, 0.717) is 24.8 Å². The van der Waals surface area contributed by atoms with Crippen LogP contribution in [-0.4, -0.2) is 62.0 Å². The molecule has 256 valence electrons. The Morgan fingerprint density at radius 1 is 1.02 bits per heavy atom. The Kier molecular flexibility index (Phi) is 9.88. The molecule has 2 aliphatic heterocycles. The zero-order valence-electron chi connectivity index (χ0n) is 28.9. The molecule has 0 spiro atoms. The highest BCUT2D eigenvalue weighted by Gasteiger charge is 2.57. The van der Waals surface area contributed by atoms with Gasteiger partial charge in [-0.25, -0.2) is 4.39 Å². The van der Waals surface area contributed by atoms with Gasteiger partial charge in [0.05, 0.1) is 24.5 Å². The highest BCUT2D eigenvalue weighted by molar-refractivity contribution is 6.99. The number of aromatic hydroxyl groups is 1. The number of nitrogens with zero attached hydrogens (tertiary/aromatic N) is 1. The molecule has 6 rings (SSSR count). The maximum absolute atomic E-state index is 14.0. The molecule has 0 bridgehead atoms. The van der Waals surface area contributed by atoms with Crippen LogP contribution in [0.1, 0.15) is 52.5 Å². The lowest BCUT2D eigenvalue weighted by molar-refractivity contribution is -0.138. The van der Waals surface area contributed by atoms with Crippen molar-refractivity contribution >= 4 is 43.7 Å². The molecule has 0 saturated carbocycles. The number of rotatable bonds is 9. The lowest BCUT2D eigenvalue weighted by atomic mass is 9.58. The number of carbonyl (C=O) groups excluding carboxylic acids is 2. The second kappa shape index (κ2) is 13.8. The van der Waals surface area contributed by atoms with Crippen LogP contribution < -0.4 is 10.4 Å². The number of benzene rings is 3. The monoisotopic (exact) mass is 681 g/mol. The summed E-state index contributed by atoms with van der Waals surface area (Å²) in [5, 5.41) is 22.6. The number of carbonyl (C=O) groups is 2. The number of phenols is 1. The van der Waals surface area contributed by atoms with Crippen LogP contribution in [0.5, 0.6) is 5.75 Å². The number of allylic oxidation sites excluding steroid dienone is 1. The summed E-state index contributed by atoms with van der Waals surface area (Å²) in [6, 6.07) is 25.1. The highest BCUT2D eigenvalue weighted by atomic mass is 28.4. The van der Waals surface area contributed by atoms with Gasteiger partial charge in [-0.2, -0.15) is 0 Å². The van der Waals surface area contributed by atoms with Gasteiger partial charge in [0.25, 0.3) is 8.32 Å². The fraction of sp³-hybridized carbons (Fsp3) is 0.385. The smallest absolute Gasteiger partial charge is 0.455 e. The zero-order valence-corrected chi connectivity index (χ0v) is 29.9. The molecule has 0 aromatic heterocycles. The fourth-order valence-corrected chi connectivity index (χ4v) is 12.9. The number of fused-ring (bicyclic) bond motifs is 3. The Labute approximate surface area is 289 Å². The number of hydrogen-bond donors (Lipinski definition) is 2. The number of hydrogen-bond acceptors (Lipinski definition) is 6. The average Bonchev–Trinajstić information content (AvgIpc) is 3.29. The van der Waals surface area contributed by atoms with Gasteiger partial charge in [0.15, 0.2) is 11.6 Å². The molecule has 10 heteroatoms. The van der Waals surface area contributed by atoms with E-state index in [-0.39, 0.29) is 35.7 Å². The summed E-state index contributed by atoms with van der Waals surface area (Å²) in [5.41, 5.74) is 3.53. The molecule has 3 aromatic carbocycles. The van der Waals surface area contributed by atoms with Crippen molar-refractivity contribution in [3.8, 4) is 5.75 Å². The van der Waals surface area contributed by atoms with Crippen molar-refractivity contribution in [1.82, 2.24) is 4.90 Å². The standard InChI is InChI=1S/C39H45BFNO6Si/c1-25(20-26-17-18-33(43)32(41)21-26)16-19-34-35-27(22-30-36(31(35)23-40(46)48-34)38(45)42(5)37(30)44)24-47-49(39(2,3)4,28-12-8-6-9-13-28)29-14-10-7-11-15-29/h6-15,17-18,20-21,30-31,34,36,43,46H,16,19,22-24H2,1-5H3/b25-20+/t30-,31+,34-,36-/m1/s1. The van der Waals surface area contributed by atoms with Gasteiger partial charge in [-0.1, -0.05) is 99.2 Å². The summed E-state index contributed by atoms with van der Waals surface area (Å²) in [6.07, 6.45) is 3.09. The molecule has 49 heavy (non-hydrogen) atoms. The Morgan fingerprint density at radius 3 is 2.24 bits per heavy atom. The van der Waals surface area contributed by atoms with Gasteiger partial charge in [0, 0.05) is 7.05 Å². The van der Waals surface area contributed by atoms with Gasteiger partial charge in [-0.05, 0) is 82.7 Å². The number of amides is 2. The van der Waals surface area contributed by atoms with Crippen molar-refractivity contribution in [2.24, 2.45) is 17.8 Å². The van der Waals surface area contributed by atoms with E-state index in [0.717, 1.165) is 27.1 Å². The second-order valence-electron chi connectivity index (χ2n) is 14.7. The molecule has 0 unspecified atom stereocenters. The quantitative estimate of drug-likeness (QED) is 0.171. The Bertz CT molecular complexity index is 1740. The summed E-state index contributed by atoms with van der Waals surface area (Å²) >= 11 is 0. The zero-order chi connectivity index (χ0) is 35.1. The predicted octanol–water partition coefficient (Wildman–Crippen LogP) is 5.72. The van der Waals surface area contributed by atoms with Crippen LogP contribution in [0.3, 0.4) is 0 Å². The topological polar surface area (TPSA) is 96.3 Å². The second-order valence-corrected chi connectivity index (χ2v) is 19.1. The van der Waals surface area contributed by atoms with Crippen molar-refractivity contribution in [2.45, 2.75) is 64.4 Å².